The normalized spacial score (nSPS) is 13.6. The SMILES string of the molecule is CCC(NC(=O)NC(C)Cn1nc(C)cc1C)c1nccs1. The predicted octanol–water partition coefficient (Wildman–Crippen LogP) is 2.80. The fraction of sp³-hybridized carbons (Fsp3) is 0.533. The lowest BCUT2D eigenvalue weighted by Gasteiger charge is -2.19. The van der Waals surface area contributed by atoms with Crippen molar-refractivity contribution in [1.82, 2.24) is 25.4 Å². The molecule has 0 fully saturated rings. The van der Waals surface area contributed by atoms with Crippen LogP contribution in [0.5, 0.6) is 0 Å². The van der Waals surface area contributed by atoms with E-state index in [0.717, 1.165) is 22.8 Å². The van der Waals surface area contributed by atoms with Crippen LogP contribution >= 0.6 is 11.3 Å². The Bertz CT molecular complexity index is 607. The van der Waals surface area contributed by atoms with Crippen molar-refractivity contribution in [3.05, 3.63) is 34.0 Å². The lowest BCUT2D eigenvalue weighted by molar-refractivity contribution is 0.232. The van der Waals surface area contributed by atoms with Gasteiger partial charge in [0.15, 0.2) is 0 Å². The maximum atomic E-state index is 12.1. The molecule has 0 aliphatic heterocycles. The van der Waals surface area contributed by atoms with Gasteiger partial charge in [0, 0.05) is 23.3 Å². The number of thiazole rings is 1. The highest BCUT2D eigenvalue weighted by molar-refractivity contribution is 7.09. The van der Waals surface area contributed by atoms with Gasteiger partial charge in [0.1, 0.15) is 5.01 Å². The maximum Gasteiger partial charge on any atom is 0.315 e. The maximum absolute atomic E-state index is 12.1. The van der Waals surface area contributed by atoms with Gasteiger partial charge in [-0.25, -0.2) is 9.78 Å². The van der Waals surface area contributed by atoms with Crippen LogP contribution in [0.4, 0.5) is 4.79 Å². The van der Waals surface area contributed by atoms with Crippen molar-refractivity contribution in [2.45, 2.75) is 52.7 Å². The number of amides is 2. The van der Waals surface area contributed by atoms with Gasteiger partial charge in [0.25, 0.3) is 0 Å². The predicted molar refractivity (Wildman–Crippen MR) is 88.0 cm³/mol. The van der Waals surface area contributed by atoms with E-state index in [0.29, 0.717) is 6.54 Å². The Morgan fingerprint density at radius 3 is 2.73 bits per heavy atom. The van der Waals surface area contributed by atoms with E-state index in [-0.39, 0.29) is 18.1 Å². The smallest absolute Gasteiger partial charge is 0.315 e. The number of nitrogens with zero attached hydrogens (tertiary/aromatic N) is 3. The van der Waals surface area contributed by atoms with E-state index in [9.17, 15) is 4.79 Å². The Balaban J connectivity index is 1.87. The lowest BCUT2D eigenvalue weighted by atomic mass is 10.2. The third kappa shape index (κ3) is 4.30. The van der Waals surface area contributed by atoms with E-state index in [2.05, 4.69) is 20.7 Å². The fourth-order valence-corrected chi connectivity index (χ4v) is 3.11. The van der Waals surface area contributed by atoms with E-state index in [4.69, 9.17) is 0 Å². The molecule has 6 nitrogen and oxygen atoms in total. The van der Waals surface area contributed by atoms with Crippen LogP contribution in [0.15, 0.2) is 17.6 Å². The minimum Gasteiger partial charge on any atom is -0.334 e. The molecule has 2 unspecified atom stereocenters. The molecule has 2 aromatic rings. The summed E-state index contributed by atoms with van der Waals surface area (Å²) in [5.74, 6) is 0. The summed E-state index contributed by atoms with van der Waals surface area (Å²) in [6.45, 7) is 8.64. The Hall–Kier alpha value is -1.89. The van der Waals surface area contributed by atoms with Crippen LogP contribution < -0.4 is 10.6 Å². The summed E-state index contributed by atoms with van der Waals surface area (Å²) in [4.78, 5) is 16.4. The van der Waals surface area contributed by atoms with Crippen molar-refractivity contribution in [3.8, 4) is 0 Å². The molecule has 2 rings (SSSR count). The van der Waals surface area contributed by atoms with Crippen LogP contribution in [0.25, 0.3) is 0 Å². The van der Waals surface area contributed by atoms with Crippen LogP contribution in [0.3, 0.4) is 0 Å². The number of rotatable bonds is 6. The summed E-state index contributed by atoms with van der Waals surface area (Å²) in [5, 5.41) is 13.2. The molecule has 0 radical (unpaired) electrons. The molecular weight excluding hydrogens is 298 g/mol. The Morgan fingerprint density at radius 1 is 1.41 bits per heavy atom. The summed E-state index contributed by atoms with van der Waals surface area (Å²) in [5.41, 5.74) is 2.09. The average molecular weight is 321 g/mol. The van der Waals surface area contributed by atoms with E-state index in [1.807, 2.05) is 43.8 Å². The largest absolute Gasteiger partial charge is 0.334 e. The summed E-state index contributed by atoms with van der Waals surface area (Å²) < 4.78 is 1.92. The van der Waals surface area contributed by atoms with Crippen LogP contribution in [0.1, 0.15) is 42.7 Å². The monoisotopic (exact) mass is 321 g/mol. The minimum absolute atomic E-state index is 0.00759. The van der Waals surface area contributed by atoms with Crippen LogP contribution in [0.2, 0.25) is 0 Å². The highest BCUT2D eigenvalue weighted by Gasteiger charge is 2.16. The first-order valence-corrected chi connectivity index (χ1v) is 8.35. The zero-order valence-electron chi connectivity index (χ0n) is 13.5. The minimum atomic E-state index is -0.170. The highest BCUT2D eigenvalue weighted by atomic mass is 32.1. The highest BCUT2D eigenvalue weighted by Crippen LogP contribution is 2.18. The molecule has 22 heavy (non-hydrogen) atoms. The number of hydrogen-bond donors (Lipinski definition) is 2. The van der Waals surface area contributed by atoms with Gasteiger partial charge >= 0.3 is 6.03 Å². The topological polar surface area (TPSA) is 71.8 Å². The number of nitrogens with one attached hydrogen (secondary N) is 2. The van der Waals surface area contributed by atoms with Gasteiger partial charge in [-0.15, -0.1) is 11.3 Å². The van der Waals surface area contributed by atoms with Gasteiger partial charge in [0.2, 0.25) is 0 Å². The quantitative estimate of drug-likeness (QED) is 0.859. The number of carbonyl (C=O) groups excluding carboxylic acids is 1. The molecule has 0 saturated carbocycles. The standard InChI is InChI=1S/C15H23N5OS/c1-5-13(14-16-6-7-22-14)18-15(21)17-11(3)9-20-12(4)8-10(2)19-20/h6-8,11,13H,5,9H2,1-4H3,(H2,17,18,21). The molecular formula is C15H23N5OS. The summed E-state index contributed by atoms with van der Waals surface area (Å²) >= 11 is 1.56. The molecule has 0 saturated heterocycles. The van der Waals surface area contributed by atoms with Crippen molar-refractivity contribution in [3.63, 3.8) is 0 Å². The zero-order chi connectivity index (χ0) is 16.1. The molecule has 2 aromatic heterocycles. The van der Waals surface area contributed by atoms with Crippen LogP contribution in [-0.4, -0.2) is 26.8 Å². The summed E-state index contributed by atoms with van der Waals surface area (Å²) in [6, 6.07) is 1.81. The van der Waals surface area contributed by atoms with Crippen LogP contribution in [-0.2, 0) is 6.54 Å². The molecule has 0 aliphatic rings. The molecule has 7 heteroatoms. The van der Waals surface area contributed by atoms with Gasteiger partial charge in [-0.05, 0) is 33.3 Å². The van der Waals surface area contributed by atoms with Crippen molar-refractivity contribution in [2.24, 2.45) is 0 Å². The number of aryl methyl sites for hydroxylation is 2. The number of carbonyl (C=O) groups is 1. The van der Waals surface area contributed by atoms with Gasteiger partial charge in [0.05, 0.1) is 18.3 Å². The summed E-state index contributed by atoms with van der Waals surface area (Å²) in [6.07, 6.45) is 2.57. The number of hydrogen-bond acceptors (Lipinski definition) is 4. The van der Waals surface area contributed by atoms with E-state index in [1.54, 1.807) is 17.5 Å². The zero-order valence-corrected chi connectivity index (χ0v) is 14.3. The number of urea groups is 1. The van der Waals surface area contributed by atoms with Gasteiger partial charge in [-0.2, -0.15) is 5.10 Å². The van der Waals surface area contributed by atoms with Gasteiger partial charge < -0.3 is 10.6 Å². The van der Waals surface area contributed by atoms with Crippen molar-refractivity contribution in [1.29, 1.82) is 0 Å². The third-order valence-corrected chi connectivity index (χ3v) is 4.28. The van der Waals surface area contributed by atoms with Crippen molar-refractivity contribution >= 4 is 17.4 Å². The summed E-state index contributed by atoms with van der Waals surface area (Å²) in [7, 11) is 0. The van der Waals surface area contributed by atoms with Crippen LogP contribution in [0, 0.1) is 13.8 Å². The third-order valence-electron chi connectivity index (χ3n) is 3.39. The Labute approximate surface area is 135 Å². The first-order chi connectivity index (χ1) is 10.5. The first kappa shape index (κ1) is 16.5. The van der Waals surface area contributed by atoms with Gasteiger partial charge in [-0.1, -0.05) is 6.92 Å². The second-order valence-electron chi connectivity index (χ2n) is 5.46. The second-order valence-corrected chi connectivity index (χ2v) is 6.39. The fourth-order valence-electron chi connectivity index (χ4n) is 2.33. The van der Waals surface area contributed by atoms with E-state index >= 15 is 0 Å². The molecule has 2 heterocycles. The molecule has 2 amide bonds. The molecule has 0 aliphatic carbocycles. The Kier molecular flexibility index (Phi) is 5.54. The molecule has 0 spiro atoms. The van der Waals surface area contributed by atoms with E-state index < -0.39 is 0 Å². The average Bonchev–Trinajstić information content (AvgIpc) is 3.06. The molecule has 0 aromatic carbocycles. The van der Waals surface area contributed by atoms with E-state index in [1.165, 1.54) is 0 Å². The first-order valence-electron chi connectivity index (χ1n) is 7.47. The van der Waals surface area contributed by atoms with Crippen molar-refractivity contribution in [2.75, 3.05) is 0 Å². The van der Waals surface area contributed by atoms with Gasteiger partial charge in [-0.3, -0.25) is 4.68 Å². The molecule has 2 atom stereocenters. The second kappa shape index (κ2) is 7.40. The Morgan fingerprint density at radius 2 is 2.18 bits per heavy atom. The van der Waals surface area contributed by atoms with Crippen molar-refractivity contribution < 1.29 is 4.79 Å². The molecule has 2 N–H and O–H groups in total. The lowest BCUT2D eigenvalue weighted by Crippen LogP contribution is -2.44. The number of aromatic nitrogens is 3. The molecule has 120 valence electrons. The molecule has 0 bridgehead atoms.